The van der Waals surface area contributed by atoms with Crippen LogP contribution in [-0.4, -0.2) is 9.52 Å². The monoisotopic (exact) mass is 1040 g/mol. The minimum atomic E-state index is -5.43. The number of aryl methyl sites for hydroxylation is 2. The first-order valence-electron chi connectivity index (χ1n) is 16.9. The fourth-order valence-corrected chi connectivity index (χ4v) is 6.29. The summed E-state index contributed by atoms with van der Waals surface area (Å²) in [7, 11) is 11.0. The fourth-order valence-electron chi connectivity index (χ4n) is 6.29. The number of rotatable bonds is 2. The van der Waals surface area contributed by atoms with Gasteiger partial charge in [-0.05, 0) is 35.4 Å². The molecule has 0 saturated carbocycles. The molecule has 6 aromatic carbocycles. The molecule has 0 aliphatic rings. The topological polar surface area (TPSA) is 0 Å². The molecule has 0 unspecified atom stereocenters. The zero-order chi connectivity index (χ0) is 47.6. The van der Waals surface area contributed by atoms with Gasteiger partial charge in [0.25, 0.3) is 0 Å². The van der Waals surface area contributed by atoms with E-state index in [4.69, 9.17) is 17.0 Å². The van der Waals surface area contributed by atoms with E-state index in [-0.39, 0.29) is 35.0 Å². The molecule has 334 valence electrons. The van der Waals surface area contributed by atoms with E-state index in [0.717, 1.165) is 21.7 Å². The van der Waals surface area contributed by atoms with Crippen LogP contribution in [0.3, 0.4) is 0 Å². The first-order valence-corrected chi connectivity index (χ1v) is 25.2. The van der Waals surface area contributed by atoms with Crippen molar-refractivity contribution in [3.8, 4) is 22.3 Å². The van der Waals surface area contributed by atoms with Crippen molar-refractivity contribution in [2.24, 2.45) is 0 Å². The average Bonchev–Trinajstić information content (AvgIpc) is 3.70. The molecule has 0 atom stereocenters. The van der Waals surface area contributed by atoms with Gasteiger partial charge in [0.2, 0.25) is 0 Å². The quantitative estimate of drug-likeness (QED) is 0.0921. The molecule has 0 aliphatic carbocycles. The maximum atomic E-state index is 13.5. The number of hydrogen-bond acceptors (Lipinski definition) is 0. The van der Waals surface area contributed by atoms with Crippen LogP contribution in [-0.2, 0) is 57.9 Å². The van der Waals surface area contributed by atoms with Crippen LogP contribution < -0.4 is 0 Å². The van der Waals surface area contributed by atoms with Crippen molar-refractivity contribution in [2.75, 3.05) is 0 Å². The van der Waals surface area contributed by atoms with Crippen LogP contribution in [0.4, 0.5) is 79.0 Å². The molecule has 0 amide bonds. The van der Waals surface area contributed by atoms with Crippen molar-refractivity contribution in [1.29, 1.82) is 0 Å². The molecule has 0 N–H and O–H groups in total. The molecule has 0 saturated heterocycles. The van der Waals surface area contributed by atoms with Crippen molar-refractivity contribution in [3.63, 3.8) is 0 Å². The summed E-state index contributed by atoms with van der Waals surface area (Å²) < 4.78 is 240. The van der Waals surface area contributed by atoms with Crippen molar-refractivity contribution >= 4 is 48.1 Å². The average molecular weight is 1040 g/mol. The van der Waals surface area contributed by atoms with Crippen LogP contribution >= 0.6 is 17.0 Å². The van der Waals surface area contributed by atoms with Crippen molar-refractivity contribution in [1.82, 2.24) is 0 Å². The Morgan fingerprint density at radius 2 is 0.677 bits per heavy atom. The summed E-state index contributed by atoms with van der Waals surface area (Å²) in [6, 6.07) is 12.4. The molecule has 0 nitrogen and oxygen atoms in total. The Labute approximate surface area is 362 Å². The molecule has 22 heteroatoms. The predicted molar refractivity (Wildman–Crippen MR) is 199 cm³/mol. The molecule has 6 aromatic rings. The van der Waals surface area contributed by atoms with Gasteiger partial charge in [0.15, 0.2) is 0 Å². The second kappa shape index (κ2) is 19.7. The van der Waals surface area contributed by atoms with E-state index in [1.807, 2.05) is 0 Å². The standard InChI is InChI=1S/2C19H10F9.C2H6Si.2ClH.Zr/c2*1-9-5-10-3-2-4-12(13(10)6-9)16-14(18(23,24)25)7-11(17(20,21)22)8-15(16)19(26,27)28;1-3-2;;;/h2*2-8H,1H3;1-2H3;2*1H;/q2*-1;;;;+4/p-2. The zero-order valence-corrected chi connectivity index (χ0v) is 36.6. The van der Waals surface area contributed by atoms with E-state index in [1.165, 1.54) is 36.4 Å². The number of fused-ring (bicyclic) bond motifs is 2. The van der Waals surface area contributed by atoms with Gasteiger partial charge in [-0.1, -0.05) is 50.2 Å². The molecular weight excluding hydrogens is 1010 g/mol. The Morgan fingerprint density at radius 1 is 0.435 bits per heavy atom. The molecule has 6 rings (SSSR count). The van der Waals surface area contributed by atoms with Gasteiger partial charge < -0.3 is 0 Å². The Kier molecular flexibility index (Phi) is 16.8. The van der Waals surface area contributed by atoms with Crippen molar-refractivity contribution in [3.05, 3.63) is 129 Å². The molecule has 0 heterocycles. The van der Waals surface area contributed by atoms with Crippen LogP contribution in [0.15, 0.2) is 84.9 Å². The summed E-state index contributed by atoms with van der Waals surface area (Å²) >= 11 is -0.826. The van der Waals surface area contributed by atoms with E-state index in [0.29, 0.717) is 21.9 Å². The van der Waals surface area contributed by atoms with Gasteiger partial charge in [-0.2, -0.15) is 91.2 Å². The van der Waals surface area contributed by atoms with E-state index in [9.17, 15) is 79.0 Å². The third kappa shape index (κ3) is 12.8. The number of halogens is 20. The van der Waals surface area contributed by atoms with Crippen LogP contribution in [0.25, 0.3) is 43.8 Å². The molecular formula is C40H26Cl2F18SiZr. The second-order valence-electron chi connectivity index (χ2n) is 13.1. The van der Waals surface area contributed by atoms with Crippen LogP contribution in [0.1, 0.15) is 44.5 Å². The molecule has 62 heavy (non-hydrogen) atoms. The van der Waals surface area contributed by atoms with Gasteiger partial charge in [0.1, 0.15) is 0 Å². The molecule has 2 radical (unpaired) electrons. The third-order valence-electron chi connectivity index (χ3n) is 8.48. The number of benzene rings is 4. The summed E-state index contributed by atoms with van der Waals surface area (Å²) in [5.74, 6) is 0. The van der Waals surface area contributed by atoms with Crippen LogP contribution in [0.2, 0.25) is 13.1 Å². The first-order chi connectivity index (χ1) is 28.2. The van der Waals surface area contributed by atoms with Gasteiger partial charge in [-0.15, -0.1) is 69.1 Å². The van der Waals surface area contributed by atoms with Crippen LogP contribution in [0, 0.1) is 13.8 Å². The predicted octanol–water partition coefficient (Wildman–Crippen LogP) is 17.3. The molecule has 0 aliphatic heterocycles. The van der Waals surface area contributed by atoms with Crippen LogP contribution in [0.5, 0.6) is 0 Å². The Hall–Kier alpha value is -3.48. The number of hydrogen-bond donors (Lipinski definition) is 0. The van der Waals surface area contributed by atoms with Gasteiger partial charge in [0, 0.05) is 9.52 Å². The van der Waals surface area contributed by atoms with Gasteiger partial charge in [-0.3, -0.25) is 0 Å². The van der Waals surface area contributed by atoms with Crippen molar-refractivity contribution < 1.29 is 99.9 Å². The molecule has 0 aromatic heterocycles. The Balaban J connectivity index is 0.000000293. The normalized spacial score (nSPS) is 12.5. The summed E-state index contributed by atoms with van der Waals surface area (Å²) in [5.41, 5.74) is -14.3. The second-order valence-corrected chi connectivity index (χ2v) is 17.9. The number of alkyl halides is 18. The summed E-state index contributed by atoms with van der Waals surface area (Å²) in [6.45, 7) is 7.51. The van der Waals surface area contributed by atoms with E-state index in [1.54, 1.807) is 26.0 Å². The van der Waals surface area contributed by atoms with Gasteiger partial charge >= 0.3 is 74.9 Å². The minimum absolute atomic E-state index is 0.0933. The molecule has 0 spiro atoms. The summed E-state index contributed by atoms with van der Waals surface area (Å²) in [4.78, 5) is 0. The SMILES string of the molecule is C[Si]C.Cc1cc2c(-c3c(C(F)(F)F)cc(C(F)(F)F)cc3C(F)(F)F)cccc2[cH-]1.Cc1cc2c(-c3c(C(F)(F)F)cc(C(F)(F)F)cc3C(F)(F)F)cccc2[cH-]1.[Cl][Zr+2][Cl]. The fraction of sp³-hybridized carbons (Fsp3) is 0.250. The Morgan fingerprint density at radius 3 is 0.887 bits per heavy atom. The zero-order valence-electron chi connectivity index (χ0n) is 31.6. The maximum absolute atomic E-state index is 13.5. The van der Waals surface area contributed by atoms with Gasteiger partial charge in [-0.25, -0.2) is 0 Å². The third-order valence-corrected chi connectivity index (χ3v) is 8.48. The van der Waals surface area contributed by atoms with E-state index in [2.05, 4.69) is 13.1 Å². The molecule has 0 bridgehead atoms. The van der Waals surface area contributed by atoms with Crippen molar-refractivity contribution in [2.45, 2.75) is 64.0 Å². The molecule has 0 fully saturated rings. The van der Waals surface area contributed by atoms with E-state index >= 15 is 0 Å². The van der Waals surface area contributed by atoms with Gasteiger partial charge in [0.05, 0.1) is 33.4 Å². The summed E-state index contributed by atoms with van der Waals surface area (Å²) in [5, 5.41) is 0.957. The van der Waals surface area contributed by atoms with E-state index < -0.39 is 114 Å². The first kappa shape index (κ1) is 52.9. The summed E-state index contributed by atoms with van der Waals surface area (Å²) in [6.07, 6.45) is -32.5. The Bertz CT molecular complexity index is 2220.